The molecule has 2 heteroatoms. The maximum absolute atomic E-state index is 4.26. The van der Waals surface area contributed by atoms with E-state index in [0.29, 0.717) is 0 Å². The van der Waals surface area contributed by atoms with Crippen LogP contribution in [0, 0.1) is 6.92 Å². The zero-order valence-electron chi connectivity index (χ0n) is 9.06. The van der Waals surface area contributed by atoms with Crippen molar-refractivity contribution in [2.24, 2.45) is 0 Å². The van der Waals surface area contributed by atoms with Crippen LogP contribution in [0.25, 0.3) is 0 Å². The number of hydrogen-bond acceptors (Lipinski definition) is 1. The molecule has 2 rings (SSSR count). The first-order chi connectivity index (χ1) is 7.34. The number of nitrogens with zero attached hydrogens (tertiary/aromatic N) is 2. The lowest BCUT2D eigenvalue weighted by Gasteiger charge is -2.01. The third-order valence-corrected chi connectivity index (χ3v) is 2.46. The van der Waals surface area contributed by atoms with Crippen LogP contribution in [0.5, 0.6) is 0 Å². The molecule has 0 radical (unpaired) electrons. The highest BCUT2D eigenvalue weighted by atomic mass is 15.3. The fraction of sp³-hybridized carbons (Fsp3) is 0.308. The molecule has 1 heterocycles. The number of rotatable bonds is 4. The van der Waals surface area contributed by atoms with Crippen LogP contribution in [0.15, 0.2) is 42.7 Å². The first-order valence-electron chi connectivity index (χ1n) is 5.37. The van der Waals surface area contributed by atoms with Crippen LogP contribution in [0.3, 0.4) is 0 Å². The van der Waals surface area contributed by atoms with Crippen molar-refractivity contribution in [1.82, 2.24) is 9.78 Å². The molecule has 0 amide bonds. The summed E-state index contributed by atoms with van der Waals surface area (Å²) in [5.74, 6) is 0. The Bertz CT molecular complexity index is 403. The minimum absolute atomic E-state index is 1.00. The molecule has 78 valence electrons. The van der Waals surface area contributed by atoms with Gasteiger partial charge in [-0.1, -0.05) is 30.3 Å². The summed E-state index contributed by atoms with van der Waals surface area (Å²) in [4.78, 5) is 0. The fourth-order valence-corrected chi connectivity index (χ4v) is 1.68. The number of hydrogen-bond donors (Lipinski definition) is 0. The lowest BCUT2D eigenvalue weighted by Crippen LogP contribution is -1.99. The number of aryl methyl sites for hydroxylation is 3. The molecule has 0 spiro atoms. The summed E-state index contributed by atoms with van der Waals surface area (Å²) in [5, 5.41) is 4.26. The average Bonchev–Trinajstić information content (AvgIpc) is 2.66. The molecule has 1 aromatic carbocycles. The third kappa shape index (κ3) is 2.94. The van der Waals surface area contributed by atoms with Crippen LogP contribution in [0.2, 0.25) is 0 Å². The Labute approximate surface area is 90.6 Å². The predicted octanol–water partition coefficient (Wildman–Crippen LogP) is 2.82. The normalized spacial score (nSPS) is 10.5. The zero-order valence-corrected chi connectivity index (χ0v) is 9.06. The van der Waals surface area contributed by atoms with Gasteiger partial charge in [0.05, 0.1) is 6.20 Å². The highest BCUT2D eigenvalue weighted by molar-refractivity contribution is 5.14. The Hall–Kier alpha value is -1.57. The van der Waals surface area contributed by atoms with Crippen molar-refractivity contribution in [1.29, 1.82) is 0 Å². The van der Waals surface area contributed by atoms with E-state index in [4.69, 9.17) is 0 Å². The summed E-state index contributed by atoms with van der Waals surface area (Å²) in [7, 11) is 0. The average molecular weight is 200 g/mol. The van der Waals surface area contributed by atoms with E-state index in [-0.39, 0.29) is 0 Å². The summed E-state index contributed by atoms with van der Waals surface area (Å²) in [5.41, 5.74) is 2.64. The topological polar surface area (TPSA) is 17.8 Å². The van der Waals surface area contributed by atoms with Crippen LogP contribution in [0.4, 0.5) is 0 Å². The molecule has 2 nitrogen and oxygen atoms in total. The molecular weight excluding hydrogens is 184 g/mol. The SMILES string of the molecule is Cc1cnn(CCCc2ccccc2)c1. The Balaban J connectivity index is 1.80. The van der Waals surface area contributed by atoms with Crippen LogP contribution < -0.4 is 0 Å². The van der Waals surface area contributed by atoms with E-state index in [1.54, 1.807) is 0 Å². The molecule has 0 unspecified atom stereocenters. The Morgan fingerprint density at radius 3 is 2.67 bits per heavy atom. The van der Waals surface area contributed by atoms with Crippen molar-refractivity contribution >= 4 is 0 Å². The predicted molar refractivity (Wildman–Crippen MR) is 61.7 cm³/mol. The van der Waals surface area contributed by atoms with Gasteiger partial charge in [0.25, 0.3) is 0 Å². The second kappa shape index (κ2) is 4.78. The molecule has 0 atom stereocenters. The summed E-state index contributed by atoms with van der Waals surface area (Å²) < 4.78 is 2.01. The van der Waals surface area contributed by atoms with Gasteiger partial charge < -0.3 is 0 Å². The van der Waals surface area contributed by atoms with Crippen LogP contribution in [-0.4, -0.2) is 9.78 Å². The van der Waals surface area contributed by atoms with Gasteiger partial charge in [-0.05, 0) is 30.9 Å². The Morgan fingerprint density at radius 1 is 1.20 bits per heavy atom. The smallest absolute Gasteiger partial charge is 0.0518 e. The first-order valence-corrected chi connectivity index (χ1v) is 5.37. The summed E-state index contributed by atoms with van der Waals surface area (Å²) >= 11 is 0. The minimum atomic E-state index is 1.00. The van der Waals surface area contributed by atoms with Gasteiger partial charge in [-0.25, -0.2) is 0 Å². The van der Waals surface area contributed by atoms with Crippen molar-refractivity contribution in [3.05, 3.63) is 53.9 Å². The summed E-state index contributed by atoms with van der Waals surface area (Å²) in [6.45, 7) is 3.07. The van der Waals surface area contributed by atoms with Gasteiger partial charge in [0, 0.05) is 12.7 Å². The number of aromatic nitrogens is 2. The lowest BCUT2D eigenvalue weighted by molar-refractivity contribution is 0.578. The third-order valence-electron chi connectivity index (χ3n) is 2.46. The quantitative estimate of drug-likeness (QED) is 0.742. The molecule has 0 N–H and O–H groups in total. The lowest BCUT2D eigenvalue weighted by atomic mass is 10.1. The maximum Gasteiger partial charge on any atom is 0.0518 e. The van der Waals surface area contributed by atoms with E-state index < -0.39 is 0 Å². The molecule has 0 aliphatic rings. The van der Waals surface area contributed by atoms with E-state index in [1.807, 2.05) is 10.9 Å². The fourth-order valence-electron chi connectivity index (χ4n) is 1.68. The first kappa shape index (κ1) is 9.97. The molecule has 0 bridgehead atoms. The largest absolute Gasteiger partial charge is 0.272 e. The molecule has 1 aromatic heterocycles. The van der Waals surface area contributed by atoms with Crippen molar-refractivity contribution in [2.45, 2.75) is 26.3 Å². The van der Waals surface area contributed by atoms with Gasteiger partial charge in [-0.15, -0.1) is 0 Å². The molecular formula is C13H16N2. The van der Waals surface area contributed by atoms with Gasteiger partial charge >= 0.3 is 0 Å². The van der Waals surface area contributed by atoms with E-state index in [1.165, 1.54) is 11.1 Å². The van der Waals surface area contributed by atoms with Gasteiger partial charge in [-0.3, -0.25) is 4.68 Å². The Kier molecular flexibility index (Phi) is 3.18. The van der Waals surface area contributed by atoms with E-state index in [9.17, 15) is 0 Å². The molecule has 0 saturated carbocycles. The van der Waals surface area contributed by atoms with Crippen molar-refractivity contribution in [2.75, 3.05) is 0 Å². The van der Waals surface area contributed by atoms with Gasteiger partial charge in [0.15, 0.2) is 0 Å². The summed E-state index contributed by atoms with van der Waals surface area (Å²) in [6.07, 6.45) is 6.26. The highest BCUT2D eigenvalue weighted by Crippen LogP contribution is 2.04. The maximum atomic E-state index is 4.26. The van der Waals surface area contributed by atoms with Gasteiger partial charge in [-0.2, -0.15) is 5.10 Å². The molecule has 0 fully saturated rings. The summed E-state index contributed by atoms with van der Waals surface area (Å²) in [6, 6.07) is 10.6. The van der Waals surface area contributed by atoms with Crippen LogP contribution >= 0.6 is 0 Å². The van der Waals surface area contributed by atoms with E-state index in [0.717, 1.165) is 19.4 Å². The van der Waals surface area contributed by atoms with Crippen molar-refractivity contribution < 1.29 is 0 Å². The standard InChI is InChI=1S/C13H16N2/c1-12-10-14-15(11-12)9-5-8-13-6-3-2-4-7-13/h2-4,6-7,10-11H,5,8-9H2,1H3. The molecule has 0 aliphatic carbocycles. The Morgan fingerprint density at radius 2 is 2.00 bits per heavy atom. The van der Waals surface area contributed by atoms with Crippen LogP contribution in [-0.2, 0) is 13.0 Å². The van der Waals surface area contributed by atoms with E-state index in [2.05, 4.69) is 48.6 Å². The highest BCUT2D eigenvalue weighted by Gasteiger charge is 1.95. The molecule has 2 aromatic rings. The molecule has 15 heavy (non-hydrogen) atoms. The van der Waals surface area contributed by atoms with Crippen LogP contribution in [0.1, 0.15) is 17.5 Å². The monoisotopic (exact) mass is 200 g/mol. The minimum Gasteiger partial charge on any atom is -0.272 e. The van der Waals surface area contributed by atoms with Crippen molar-refractivity contribution in [3.63, 3.8) is 0 Å². The van der Waals surface area contributed by atoms with Gasteiger partial charge in [0.2, 0.25) is 0 Å². The second-order valence-corrected chi connectivity index (χ2v) is 3.87. The van der Waals surface area contributed by atoms with Crippen molar-refractivity contribution in [3.8, 4) is 0 Å². The zero-order chi connectivity index (χ0) is 10.5. The molecule has 0 aliphatic heterocycles. The van der Waals surface area contributed by atoms with Gasteiger partial charge in [0.1, 0.15) is 0 Å². The van der Waals surface area contributed by atoms with E-state index >= 15 is 0 Å². The number of benzene rings is 1. The second-order valence-electron chi connectivity index (χ2n) is 3.87. The molecule has 0 saturated heterocycles.